The molecule has 4 nitrogen and oxygen atoms in total. The first-order valence-electron chi connectivity index (χ1n) is 7.46. The molecule has 0 aliphatic carbocycles. The van der Waals surface area contributed by atoms with Crippen molar-refractivity contribution < 1.29 is 9.39 Å². The fourth-order valence-corrected chi connectivity index (χ4v) is 1.97. The van der Waals surface area contributed by atoms with Gasteiger partial charge < -0.3 is 14.0 Å². The van der Waals surface area contributed by atoms with Crippen LogP contribution in [0.4, 0.5) is 0 Å². The Morgan fingerprint density at radius 1 is 1.30 bits per heavy atom. The molecule has 1 aliphatic heterocycles. The Morgan fingerprint density at radius 3 is 2.65 bits per heavy atom. The van der Waals surface area contributed by atoms with Gasteiger partial charge in [0.15, 0.2) is 0 Å². The number of ether oxygens (including phenoxy) is 1. The van der Waals surface area contributed by atoms with Crippen molar-refractivity contribution in [2.75, 3.05) is 6.61 Å². The van der Waals surface area contributed by atoms with Gasteiger partial charge in [0.2, 0.25) is 0 Å². The summed E-state index contributed by atoms with van der Waals surface area (Å²) in [6, 6.07) is 0. The van der Waals surface area contributed by atoms with Gasteiger partial charge in [0.05, 0.1) is 11.9 Å². The quantitative estimate of drug-likeness (QED) is 0.794. The fourth-order valence-electron chi connectivity index (χ4n) is 1.97. The van der Waals surface area contributed by atoms with E-state index < -0.39 is 0 Å². The van der Waals surface area contributed by atoms with Gasteiger partial charge in [-0.1, -0.05) is 20.8 Å². The van der Waals surface area contributed by atoms with Crippen molar-refractivity contribution in [2.45, 2.75) is 65.7 Å². The second-order valence-corrected chi connectivity index (χ2v) is 7.04. The number of hydrogen-bond acceptors (Lipinski definition) is 3. The molecular weight excluding hydrogens is 251 g/mol. The topological polar surface area (TPSA) is 36.3 Å². The third kappa shape index (κ3) is 3.44. The number of nitrogens with zero attached hydrogens (tertiary/aromatic N) is 2. The molecule has 1 fully saturated rings. The van der Waals surface area contributed by atoms with Crippen molar-refractivity contribution in [3.05, 3.63) is 12.5 Å². The van der Waals surface area contributed by atoms with E-state index in [0.29, 0.717) is 0 Å². The van der Waals surface area contributed by atoms with Crippen LogP contribution in [0, 0.1) is 5.41 Å². The summed E-state index contributed by atoms with van der Waals surface area (Å²) in [4.78, 5) is 4.23. The molecule has 0 N–H and O–H groups in total. The normalized spacial score (nSPS) is 20.9. The molecule has 20 heavy (non-hydrogen) atoms. The average Bonchev–Trinajstić information content (AvgIpc) is 2.84. The van der Waals surface area contributed by atoms with E-state index in [-0.39, 0.29) is 17.2 Å². The minimum absolute atomic E-state index is 0.0652. The Bertz CT molecular complexity index is 431. The maximum absolute atomic E-state index is 6.03. The lowest BCUT2D eigenvalue weighted by Gasteiger charge is -2.39. The van der Waals surface area contributed by atoms with Crippen LogP contribution in [0.5, 0.6) is 0 Å². The molecule has 1 aliphatic rings. The molecule has 1 aromatic heterocycles. The molecule has 0 spiro atoms. The van der Waals surface area contributed by atoms with E-state index in [1.165, 1.54) is 6.42 Å². The van der Waals surface area contributed by atoms with Gasteiger partial charge in [0.1, 0.15) is 6.23 Å². The molecule has 5 heteroatoms. The van der Waals surface area contributed by atoms with Gasteiger partial charge in [-0.2, -0.15) is 0 Å². The van der Waals surface area contributed by atoms with Gasteiger partial charge in [-0.15, -0.1) is 0 Å². The molecular formula is C15H26BN2O2. The van der Waals surface area contributed by atoms with E-state index in [9.17, 15) is 0 Å². The Hall–Kier alpha value is -0.805. The lowest BCUT2D eigenvalue weighted by molar-refractivity contribution is -0.0311. The molecule has 0 bridgehead atoms. The van der Waals surface area contributed by atoms with Gasteiger partial charge in [-0.3, -0.25) is 0 Å². The summed E-state index contributed by atoms with van der Waals surface area (Å²) in [5.41, 5.74) is 0.791. The van der Waals surface area contributed by atoms with Crippen LogP contribution in [-0.2, 0) is 9.39 Å². The Morgan fingerprint density at radius 2 is 2.05 bits per heavy atom. The van der Waals surface area contributed by atoms with Crippen molar-refractivity contribution in [3.8, 4) is 0 Å². The summed E-state index contributed by atoms with van der Waals surface area (Å²) in [5.74, 6) is 0. The zero-order chi connectivity index (χ0) is 14.8. The molecule has 1 atom stereocenters. The van der Waals surface area contributed by atoms with E-state index in [1.54, 1.807) is 0 Å². The molecule has 1 radical (unpaired) electrons. The summed E-state index contributed by atoms with van der Waals surface area (Å²) in [5, 5.41) is 0. The van der Waals surface area contributed by atoms with Crippen LogP contribution in [-0.4, -0.2) is 29.2 Å². The minimum Gasteiger partial charge on any atom is -0.427 e. The van der Waals surface area contributed by atoms with Crippen molar-refractivity contribution in [1.29, 1.82) is 0 Å². The predicted octanol–water partition coefficient (Wildman–Crippen LogP) is 2.67. The van der Waals surface area contributed by atoms with E-state index in [2.05, 4.69) is 44.2 Å². The predicted molar refractivity (Wildman–Crippen MR) is 81.1 cm³/mol. The first-order chi connectivity index (χ1) is 9.31. The minimum atomic E-state index is -0.241. The second kappa shape index (κ2) is 5.90. The summed E-state index contributed by atoms with van der Waals surface area (Å²) in [6.45, 7) is 11.6. The Labute approximate surface area is 123 Å². The second-order valence-electron chi connectivity index (χ2n) is 7.04. The zero-order valence-corrected chi connectivity index (χ0v) is 13.3. The highest BCUT2D eigenvalue weighted by atomic mass is 16.5. The van der Waals surface area contributed by atoms with Gasteiger partial charge in [0, 0.05) is 18.4 Å². The molecule has 1 unspecified atom stereocenters. The van der Waals surface area contributed by atoms with Crippen LogP contribution < -0.4 is 5.59 Å². The van der Waals surface area contributed by atoms with Gasteiger partial charge in [0.25, 0.3) is 0 Å². The van der Waals surface area contributed by atoms with Crippen LogP contribution in [0.25, 0.3) is 0 Å². The molecule has 1 aromatic rings. The number of imidazole rings is 1. The van der Waals surface area contributed by atoms with Crippen molar-refractivity contribution in [3.63, 3.8) is 0 Å². The summed E-state index contributed by atoms with van der Waals surface area (Å²) in [6.07, 6.45) is 7.15. The molecule has 111 valence electrons. The highest BCUT2D eigenvalue weighted by Gasteiger charge is 2.34. The van der Waals surface area contributed by atoms with E-state index in [1.807, 2.05) is 20.0 Å². The SMILES string of the molecule is CC(C)(C)C(C)(C)O[B]c1cncn1C1CCCCO1. The average molecular weight is 277 g/mol. The molecule has 2 rings (SSSR count). The summed E-state index contributed by atoms with van der Waals surface area (Å²) in [7, 11) is 1.82. The summed E-state index contributed by atoms with van der Waals surface area (Å²) < 4.78 is 13.9. The van der Waals surface area contributed by atoms with Crippen LogP contribution in [0.15, 0.2) is 12.5 Å². The lowest BCUT2D eigenvalue weighted by Crippen LogP contribution is -2.44. The maximum atomic E-state index is 6.03. The number of hydrogen-bond donors (Lipinski definition) is 0. The zero-order valence-electron chi connectivity index (χ0n) is 13.3. The van der Waals surface area contributed by atoms with Gasteiger partial charge in [-0.05, 0) is 38.5 Å². The molecule has 0 aromatic carbocycles. The summed E-state index contributed by atoms with van der Waals surface area (Å²) >= 11 is 0. The first kappa shape index (κ1) is 15.6. The molecule has 0 amide bonds. The molecule has 0 saturated carbocycles. The highest BCUT2D eigenvalue weighted by molar-refractivity contribution is 6.45. The van der Waals surface area contributed by atoms with Crippen molar-refractivity contribution in [1.82, 2.24) is 9.55 Å². The Kier molecular flexibility index (Phi) is 4.60. The lowest BCUT2D eigenvalue weighted by atomic mass is 9.77. The van der Waals surface area contributed by atoms with E-state index in [0.717, 1.165) is 25.0 Å². The van der Waals surface area contributed by atoms with Crippen LogP contribution in [0.3, 0.4) is 0 Å². The molecule has 2 heterocycles. The third-order valence-electron chi connectivity index (χ3n) is 4.44. The van der Waals surface area contributed by atoms with Crippen LogP contribution in [0.2, 0.25) is 0 Å². The highest BCUT2D eigenvalue weighted by Crippen LogP contribution is 2.32. The van der Waals surface area contributed by atoms with E-state index in [4.69, 9.17) is 9.39 Å². The fraction of sp³-hybridized carbons (Fsp3) is 0.800. The first-order valence-corrected chi connectivity index (χ1v) is 7.46. The maximum Gasteiger partial charge on any atom is 0.350 e. The largest absolute Gasteiger partial charge is 0.427 e. The third-order valence-corrected chi connectivity index (χ3v) is 4.44. The smallest absolute Gasteiger partial charge is 0.350 e. The van der Waals surface area contributed by atoms with Crippen LogP contribution >= 0.6 is 0 Å². The van der Waals surface area contributed by atoms with Crippen molar-refractivity contribution >= 4 is 13.1 Å². The van der Waals surface area contributed by atoms with Gasteiger partial charge >= 0.3 is 7.48 Å². The van der Waals surface area contributed by atoms with Crippen LogP contribution in [0.1, 0.15) is 60.1 Å². The monoisotopic (exact) mass is 277 g/mol. The standard InChI is InChI=1S/C15H26BN2O2/c1-14(2,3)15(4,5)20-16-12-10-17-11-18(12)13-8-6-7-9-19-13/h10-11,13H,6-9H2,1-5H3. The number of aromatic nitrogens is 2. The van der Waals surface area contributed by atoms with E-state index >= 15 is 0 Å². The Balaban J connectivity index is 2.02. The number of rotatable bonds is 4. The molecule has 1 saturated heterocycles. The van der Waals surface area contributed by atoms with Gasteiger partial charge in [-0.25, -0.2) is 4.98 Å². The van der Waals surface area contributed by atoms with Crippen molar-refractivity contribution in [2.24, 2.45) is 5.41 Å².